The van der Waals surface area contributed by atoms with E-state index in [-0.39, 0.29) is 23.0 Å². The van der Waals surface area contributed by atoms with Crippen LogP contribution in [0, 0.1) is 6.92 Å². The molecule has 0 atom stereocenters. The fourth-order valence-corrected chi connectivity index (χ4v) is 3.95. The molecule has 0 aliphatic heterocycles. The van der Waals surface area contributed by atoms with E-state index >= 15 is 0 Å². The van der Waals surface area contributed by atoms with Crippen molar-refractivity contribution in [3.05, 3.63) is 39.8 Å². The van der Waals surface area contributed by atoms with Crippen LogP contribution in [0.4, 0.5) is 5.13 Å². The molecule has 1 heterocycles. The van der Waals surface area contributed by atoms with Crippen molar-refractivity contribution in [3.63, 3.8) is 0 Å². The van der Waals surface area contributed by atoms with Crippen molar-refractivity contribution in [1.29, 1.82) is 0 Å². The average Bonchev–Trinajstić information content (AvgIpc) is 2.82. The lowest BCUT2D eigenvalue weighted by molar-refractivity contribution is -0.115. The quantitative estimate of drug-likeness (QED) is 0.853. The van der Waals surface area contributed by atoms with Gasteiger partial charge in [0.15, 0.2) is 15.0 Å². The van der Waals surface area contributed by atoms with E-state index in [4.69, 9.17) is 0 Å². The highest BCUT2D eigenvalue weighted by Crippen LogP contribution is 2.23. The van der Waals surface area contributed by atoms with E-state index in [2.05, 4.69) is 26.2 Å². The van der Waals surface area contributed by atoms with Gasteiger partial charge in [0.1, 0.15) is 0 Å². The van der Waals surface area contributed by atoms with Gasteiger partial charge in [-0.15, -0.1) is 0 Å². The molecule has 0 radical (unpaired) electrons. The highest BCUT2D eigenvalue weighted by atomic mass is 79.9. The number of sulfone groups is 1. The van der Waals surface area contributed by atoms with Crippen LogP contribution >= 0.6 is 27.3 Å². The number of aromatic nitrogens is 1. The minimum Gasteiger partial charge on any atom is -0.302 e. The first-order valence-corrected chi connectivity index (χ1v) is 9.33. The van der Waals surface area contributed by atoms with E-state index in [0.717, 1.165) is 9.35 Å². The summed E-state index contributed by atoms with van der Waals surface area (Å²) in [6, 6.07) is 6.58. The number of nitrogens with zero attached hydrogens (tertiary/aromatic N) is 1. The van der Waals surface area contributed by atoms with Gasteiger partial charge in [0.25, 0.3) is 0 Å². The van der Waals surface area contributed by atoms with Crippen LogP contribution in [-0.2, 0) is 14.6 Å². The summed E-state index contributed by atoms with van der Waals surface area (Å²) >= 11 is 4.51. The summed E-state index contributed by atoms with van der Waals surface area (Å²) < 4.78 is 25.0. The molecule has 1 amide bonds. The molecule has 1 aromatic carbocycles. The lowest BCUT2D eigenvalue weighted by Gasteiger charge is -2.05. The van der Waals surface area contributed by atoms with Crippen molar-refractivity contribution in [3.8, 4) is 0 Å². The van der Waals surface area contributed by atoms with Gasteiger partial charge in [0.05, 0.1) is 20.6 Å². The van der Waals surface area contributed by atoms with Crippen molar-refractivity contribution in [2.75, 3.05) is 11.1 Å². The molecule has 0 unspecified atom stereocenters. The maximum absolute atomic E-state index is 12.1. The van der Waals surface area contributed by atoms with Gasteiger partial charge in [0, 0.05) is 6.42 Å². The zero-order valence-electron chi connectivity index (χ0n) is 11.2. The van der Waals surface area contributed by atoms with Crippen molar-refractivity contribution >= 4 is 48.1 Å². The number of anilines is 1. The number of benzene rings is 1. The molecular weight excluding hydrogens is 376 g/mol. The standard InChI is InChI=1S/C13H13BrN2O3S2/c1-9-2-4-10(5-3-9)21(18,19)7-6-12(17)16-13-15-8-11(14)20-13/h2-5,8H,6-7H2,1H3,(H,15,16,17). The number of hydrogen-bond donors (Lipinski definition) is 1. The maximum atomic E-state index is 12.1. The number of amides is 1. The molecule has 0 spiro atoms. The maximum Gasteiger partial charge on any atom is 0.227 e. The second-order valence-corrected chi connectivity index (χ2v) is 8.92. The van der Waals surface area contributed by atoms with Crippen LogP contribution in [0.15, 0.2) is 39.1 Å². The van der Waals surface area contributed by atoms with Gasteiger partial charge in [0.2, 0.25) is 5.91 Å². The number of hydrogen-bond acceptors (Lipinski definition) is 5. The van der Waals surface area contributed by atoms with Crippen LogP contribution in [0.2, 0.25) is 0 Å². The Kier molecular flexibility index (Phi) is 5.13. The number of aryl methyl sites for hydroxylation is 1. The van der Waals surface area contributed by atoms with Gasteiger partial charge in [-0.25, -0.2) is 13.4 Å². The van der Waals surface area contributed by atoms with Gasteiger partial charge in [-0.3, -0.25) is 4.79 Å². The highest BCUT2D eigenvalue weighted by Gasteiger charge is 2.16. The zero-order valence-corrected chi connectivity index (χ0v) is 14.4. The van der Waals surface area contributed by atoms with Crippen LogP contribution in [-0.4, -0.2) is 25.1 Å². The van der Waals surface area contributed by atoms with Crippen molar-refractivity contribution in [2.45, 2.75) is 18.2 Å². The van der Waals surface area contributed by atoms with Crippen LogP contribution in [0.5, 0.6) is 0 Å². The predicted molar refractivity (Wildman–Crippen MR) is 86.3 cm³/mol. The van der Waals surface area contributed by atoms with Gasteiger partial charge in [-0.1, -0.05) is 29.0 Å². The van der Waals surface area contributed by atoms with Gasteiger partial charge in [-0.05, 0) is 35.0 Å². The molecule has 2 rings (SSSR count). The zero-order chi connectivity index (χ0) is 15.5. The lowest BCUT2D eigenvalue weighted by Crippen LogP contribution is -2.17. The Morgan fingerprint density at radius 2 is 2.00 bits per heavy atom. The summed E-state index contributed by atoms with van der Waals surface area (Å²) in [5, 5.41) is 3.01. The van der Waals surface area contributed by atoms with E-state index in [1.54, 1.807) is 30.5 Å². The first-order valence-electron chi connectivity index (χ1n) is 6.07. The first kappa shape index (κ1) is 16.1. The summed E-state index contributed by atoms with van der Waals surface area (Å²) in [7, 11) is -3.45. The molecule has 21 heavy (non-hydrogen) atoms. The molecule has 1 aromatic heterocycles. The number of rotatable bonds is 5. The van der Waals surface area contributed by atoms with Crippen LogP contribution in [0.1, 0.15) is 12.0 Å². The summed E-state index contributed by atoms with van der Waals surface area (Å²) in [5.41, 5.74) is 0.987. The predicted octanol–water partition coefficient (Wildman–Crippen LogP) is 3.02. The molecule has 112 valence electrons. The molecular formula is C13H13BrN2O3S2. The number of thiazole rings is 1. The summed E-state index contributed by atoms with van der Waals surface area (Å²) in [6.07, 6.45) is 1.47. The SMILES string of the molecule is Cc1ccc(S(=O)(=O)CCC(=O)Nc2ncc(Br)s2)cc1. The Labute approximate surface area is 135 Å². The van der Waals surface area contributed by atoms with E-state index < -0.39 is 9.84 Å². The molecule has 5 nitrogen and oxygen atoms in total. The molecule has 0 bridgehead atoms. The largest absolute Gasteiger partial charge is 0.302 e. The van der Waals surface area contributed by atoms with Gasteiger partial charge in [-0.2, -0.15) is 0 Å². The second kappa shape index (κ2) is 6.67. The van der Waals surface area contributed by atoms with Crippen LogP contribution in [0.25, 0.3) is 0 Å². The number of carbonyl (C=O) groups excluding carboxylic acids is 1. The fraction of sp³-hybridized carbons (Fsp3) is 0.231. The van der Waals surface area contributed by atoms with E-state index in [0.29, 0.717) is 5.13 Å². The Balaban J connectivity index is 1.95. The molecule has 0 fully saturated rings. The Hall–Kier alpha value is -1.25. The van der Waals surface area contributed by atoms with E-state index in [1.807, 2.05) is 6.92 Å². The first-order chi connectivity index (χ1) is 9.87. The highest BCUT2D eigenvalue weighted by molar-refractivity contribution is 9.11. The average molecular weight is 389 g/mol. The molecule has 1 N–H and O–H groups in total. The molecule has 0 saturated carbocycles. The number of carbonyl (C=O) groups is 1. The summed E-state index contributed by atoms with van der Waals surface area (Å²) in [6.45, 7) is 1.88. The Morgan fingerprint density at radius 3 is 2.57 bits per heavy atom. The van der Waals surface area contributed by atoms with Crippen molar-refractivity contribution < 1.29 is 13.2 Å². The molecule has 2 aromatic rings. The van der Waals surface area contributed by atoms with Crippen molar-refractivity contribution in [1.82, 2.24) is 4.98 Å². The molecule has 0 aliphatic rings. The van der Waals surface area contributed by atoms with E-state index in [9.17, 15) is 13.2 Å². The van der Waals surface area contributed by atoms with Gasteiger partial charge < -0.3 is 5.32 Å². The minimum absolute atomic E-state index is 0.104. The van der Waals surface area contributed by atoms with Crippen LogP contribution in [0.3, 0.4) is 0 Å². The third-order valence-corrected chi connectivity index (χ3v) is 5.83. The third-order valence-electron chi connectivity index (χ3n) is 2.70. The van der Waals surface area contributed by atoms with Gasteiger partial charge >= 0.3 is 0 Å². The van der Waals surface area contributed by atoms with Crippen molar-refractivity contribution in [2.24, 2.45) is 0 Å². The summed E-state index contributed by atoms with van der Waals surface area (Å²) in [5.74, 6) is -0.596. The Bertz CT molecular complexity index is 739. The minimum atomic E-state index is -3.45. The molecule has 0 aliphatic carbocycles. The number of nitrogens with one attached hydrogen (secondary N) is 1. The van der Waals surface area contributed by atoms with E-state index in [1.165, 1.54) is 11.3 Å². The third kappa shape index (κ3) is 4.62. The lowest BCUT2D eigenvalue weighted by atomic mass is 10.2. The summed E-state index contributed by atoms with van der Waals surface area (Å²) in [4.78, 5) is 15.9. The smallest absolute Gasteiger partial charge is 0.227 e. The Morgan fingerprint density at radius 1 is 1.33 bits per heavy atom. The normalized spacial score (nSPS) is 11.3. The topological polar surface area (TPSA) is 76.1 Å². The molecule has 8 heteroatoms. The molecule has 0 saturated heterocycles. The second-order valence-electron chi connectivity index (χ2n) is 4.40. The monoisotopic (exact) mass is 388 g/mol. The fourth-order valence-electron chi connectivity index (χ4n) is 1.58. The van der Waals surface area contributed by atoms with Crippen LogP contribution < -0.4 is 5.32 Å². The number of halogens is 1.